The molecule has 1 atom stereocenters. The van der Waals surface area contributed by atoms with Gasteiger partial charge in [0.2, 0.25) is 0 Å². The maximum atomic E-state index is 14.2. The molecule has 6 heteroatoms. The van der Waals surface area contributed by atoms with E-state index < -0.39 is 0 Å². The number of nitrogens with one attached hydrogen (secondary N) is 1. The molecule has 1 unspecified atom stereocenters. The van der Waals surface area contributed by atoms with Crippen molar-refractivity contribution < 1.29 is 4.79 Å². The standard InChI is InChI=1S/C32H31N5O/c1-4-27-26-21-36(32(38)33-28-18-11-13-22(2)23(28)3)30(24-14-7-5-8-15-24)29-19-12-20-35(29)31(26)37(34-27)25-16-9-6-10-17-25/h5-20,30H,4,21H2,1-3H3,(H,33,38). The molecule has 2 aromatic heterocycles. The molecule has 0 radical (unpaired) electrons. The summed E-state index contributed by atoms with van der Waals surface area (Å²) in [4.78, 5) is 16.1. The van der Waals surface area contributed by atoms with Crippen molar-refractivity contribution in [3.63, 3.8) is 0 Å². The Labute approximate surface area is 223 Å². The monoisotopic (exact) mass is 501 g/mol. The zero-order valence-corrected chi connectivity index (χ0v) is 21.9. The van der Waals surface area contributed by atoms with E-state index in [0.29, 0.717) is 6.54 Å². The van der Waals surface area contributed by atoms with Crippen LogP contribution in [0.5, 0.6) is 0 Å². The molecule has 6 nitrogen and oxygen atoms in total. The van der Waals surface area contributed by atoms with Gasteiger partial charge < -0.3 is 14.8 Å². The molecule has 3 heterocycles. The Bertz CT molecular complexity index is 1600. The maximum Gasteiger partial charge on any atom is 0.322 e. The lowest BCUT2D eigenvalue weighted by atomic mass is 10.0. The van der Waals surface area contributed by atoms with Crippen LogP contribution in [-0.4, -0.2) is 25.3 Å². The highest BCUT2D eigenvalue weighted by Gasteiger charge is 2.36. The highest BCUT2D eigenvalue weighted by Crippen LogP contribution is 2.39. The minimum absolute atomic E-state index is 0.136. The molecule has 6 rings (SSSR count). The molecule has 3 aromatic carbocycles. The number of hydrogen-bond acceptors (Lipinski definition) is 2. The highest BCUT2D eigenvalue weighted by molar-refractivity contribution is 5.91. The number of para-hydroxylation sites is 1. The predicted molar refractivity (Wildman–Crippen MR) is 151 cm³/mol. The van der Waals surface area contributed by atoms with E-state index in [0.717, 1.165) is 57.3 Å². The fraction of sp³-hybridized carbons (Fsp3) is 0.188. The van der Waals surface area contributed by atoms with Gasteiger partial charge in [-0.05, 0) is 67.3 Å². The SMILES string of the molecule is CCc1nn(-c2ccccc2)c2c1CN(C(=O)Nc1cccc(C)c1C)C(c1ccccc1)c1cccn1-2. The third-order valence-corrected chi connectivity index (χ3v) is 7.53. The van der Waals surface area contributed by atoms with Crippen molar-refractivity contribution >= 4 is 11.7 Å². The van der Waals surface area contributed by atoms with Crippen LogP contribution >= 0.6 is 0 Å². The lowest BCUT2D eigenvalue weighted by Gasteiger charge is -2.31. The van der Waals surface area contributed by atoms with E-state index in [-0.39, 0.29) is 12.1 Å². The van der Waals surface area contributed by atoms with Crippen molar-refractivity contribution in [3.8, 4) is 11.5 Å². The minimum atomic E-state index is -0.280. The van der Waals surface area contributed by atoms with Gasteiger partial charge in [-0.1, -0.05) is 67.6 Å². The number of carbonyl (C=O) groups is 1. The van der Waals surface area contributed by atoms with Crippen molar-refractivity contribution in [2.24, 2.45) is 0 Å². The Morgan fingerprint density at radius 1 is 0.921 bits per heavy atom. The summed E-state index contributed by atoms with van der Waals surface area (Å²) < 4.78 is 4.23. The molecule has 1 aliphatic heterocycles. The zero-order valence-electron chi connectivity index (χ0n) is 21.9. The summed E-state index contributed by atoms with van der Waals surface area (Å²) in [6, 6.07) is 30.2. The van der Waals surface area contributed by atoms with E-state index in [4.69, 9.17) is 5.10 Å². The van der Waals surface area contributed by atoms with Crippen molar-refractivity contribution in [1.29, 1.82) is 0 Å². The number of anilines is 1. The molecule has 1 aliphatic rings. The van der Waals surface area contributed by atoms with Crippen LogP contribution < -0.4 is 5.32 Å². The number of fused-ring (bicyclic) bond motifs is 3. The van der Waals surface area contributed by atoms with Gasteiger partial charge in [0.25, 0.3) is 0 Å². The summed E-state index contributed by atoms with van der Waals surface area (Å²) in [5, 5.41) is 8.27. The van der Waals surface area contributed by atoms with E-state index in [2.05, 4.69) is 72.4 Å². The Hall–Kier alpha value is -4.58. The summed E-state index contributed by atoms with van der Waals surface area (Å²) in [6.07, 6.45) is 2.85. The third-order valence-electron chi connectivity index (χ3n) is 7.53. The largest absolute Gasteiger partial charge is 0.322 e. The van der Waals surface area contributed by atoms with Gasteiger partial charge in [0.1, 0.15) is 5.82 Å². The number of nitrogens with zero attached hydrogens (tertiary/aromatic N) is 4. The Morgan fingerprint density at radius 2 is 1.66 bits per heavy atom. The topological polar surface area (TPSA) is 55.1 Å². The van der Waals surface area contributed by atoms with Gasteiger partial charge in [0.15, 0.2) is 0 Å². The molecule has 1 N–H and O–H groups in total. The van der Waals surface area contributed by atoms with Crippen LogP contribution in [0.3, 0.4) is 0 Å². The number of rotatable bonds is 4. The van der Waals surface area contributed by atoms with Gasteiger partial charge in [-0.3, -0.25) is 0 Å². The fourth-order valence-corrected chi connectivity index (χ4v) is 5.41. The molecule has 0 saturated heterocycles. The first-order valence-corrected chi connectivity index (χ1v) is 13.1. The number of amides is 2. The molecule has 5 aromatic rings. The van der Waals surface area contributed by atoms with Crippen LogP contribution in [0, 0.1) is 13.8 Å². The first-order chi connectivity index (χ1) is 18.6. The minimum Gasteiger partial charge on any atom is -0.308 e. The first-order valence-electron chi connectivity index (χ1n) is 13.1. The number of aryl methyl sites for hydroxylation is 2. The molecule has 0 aliphatic carbocycles. The number of urea groups is 1. The van der Waals surface area contributed by atoms with Crippen LogP contribution in [0.1, 0.15) is 46.6 Å². The Kier molecular flexibility index (Phi) is 6.08. The summed E-state index contributed by atoms with van der Waals surface area (Å²) in [5.41, 5.74) is 8.17. The second-order valence-electron chi connectivity index (χ2n) is 9.77. The van der Waals surface area contributed by atoms with Crippen LogP contribution in [0.25, 0.3) is 11.5 Å². The second-order valence-corrected chi connectivity index (χ2v) is 9.77. The molecular formula is C32H31N5O. The lowest BCUT2D eigenvalue weighted by molar-refractivity contribution is 0.194. The van der Waals surface area contributed by atoms with Gasteiger partial charge in [0.05, 0.1) is 29.7 Å². The summed E-state index contributed by atoms with van der Waals surface area (Å²) >= 11 is 0. The van der Waals surface area contributed by atoms with Crippen molar-refractivity contribution in [2.45, 2.75) is 39.8 Å². The Balaban J connectivity index is 1.55. The van der Waals surface area contributed by atoms with Gasteiger partial charge in [-0.25, -0.2) is 9.48 Å². The summed E-state index contributed by atoms with van der Waals surface area (Å²) in [5.74, 6) is 0.982. The average molecular weight is 502 g/mol. The number of aromatic nitrogens is 3. The molecule has 2 amide bonds. The smallest absolute Gasteiger partial charge is 0.308 e. The molecule has 190 valence electrons. The predicted octanol–water partition coefficient (Wildman–Crippen LogP) is 6.98. The molecule has 0 spiro atoms. The molecule has 38 heavy (non-hydrogen) atoms. The van der Waals surface area contributed by atoms with Crippen molar-refractivity contribution in [1.82, 2.24) is 19.2 Å². The van der Waals surface area contributed by atoms with Gasteiger partial charge >= 0.3 is 6.03 Å². The quantitative estimate of drug-likeness (QED) is 0.289. The van der Waals surface area contributed by atoms with E-state index in [1.807, 2.05) is 65.0 Å². The Morgan fingerprint density at radius 3 is 2.39 bits per heavy atom. The van der Waals surface area contributed by atoms with Gasteiger partial charge in [-0.2, -0.15) is 5.10 Å². The van der Waals surface area contributed by atoms with E-state index in [1.165, 1.54) is 0 Å². The molecule has 0 saturated carbocycles. The number of hydrogen-bond donors (Lipinski definition) is 1. The van der Waals surface area contributed by atoms with Gasteiger partial charge in [0, 0.05) is 17.4 Å². The zero-order chi connectivity index (χ0) is 26.2. The van der Waals surface area contributed by atoms with Crippen LogP contribution in [0.15, 0.2) is 97.2 Å². The summed E-state index contributed by atoms with van der Waals surface area (Å²) in [7, 11) is 0. The van der Waals surface area contributed by atoms with Gasteiger partial charge in [-0.15, -0.1) is 0 Å². The van der Waals surface area contributed by atoms with Crippen LogP contribution in [0.2, 0.25) is 0 Å². The van der Waals surface area contributed by atoms with Crippen LogP contribution in [0.4, 0.5) is 10.5 Å². The van der Waals surface area contributed by atoms with E-state index in [1.54, 1.807) is 0 Å². The fourth-order valence-electron chi connectivity index (χ4n) is 5.41. The molecule has 0 bridgehead atoms. The molecule has 0 fully saturated rings. The van der Waals surface area contributed by atoms with Crippen molar-refractivity contribution in [3.05, 3.63) is 131 Å². The second kappa shape index (κ2) is 9.71. The van der Waals surface area contributed by atoms with E-state index >= 15 is 0 Å². The third kappa shape index (κ3) is 3.98. The van der Waals surface area contributed by atoms with Crippen molar-refractivity contribution in [2.75, 3.05) is 5.32 Å². The molecular weight excluding hydrogens is 470 g/mol. The maximum absolute atomic E-state index is 14.2. The van der Waals surface area contributed by atoms with E-state index in [9.17, 15) is 4.79 Å². The first kappa shape index (κ1) is 23.8. The number of carbonyl (C=O) groups excluding carboxylic acids is 1. The van der Waals surface area contributed by atoms with Crippen LogP contribution in [-0.2, 0) is 13.0 Å². The average Bonchev–Trinajstić information content (AvgIpc) is 3.53. The summed E-state index contributed by atoms with van der Waals surface area (Å²) in [6.45, 7) is 6.66. The normalized spacial score (nSPS) is 14.5. The number of benzene rings is 3. The lowest BCUT2D eigenvalue weighted by Crippen LogP contribution is -2.38. The highest BCUT2D eigenvalue weighted by atomic mass is 16.2.